The molecule has 1 aromatic rings. The molecule has 0 aromatic carbocycles. The van der Waals surface area contributed by atoms with Crippen molar-refractivity contribution in [2.45, 2.75) is 19.4 Å². The van der Waals surface area contributed by atoms with Gasteiger partial charge in [-0.25, -0.2) is 0 Å². The molecule has 0 bridgehead atoms. The van der Waals surface area contributed by atoms with E-state index in [4.69, 9.17) is 0 Å². The molecule has 5 nitrogen and oxygen atoms in total. The smallest absolute Gasteiger partial charge is 0.307 e. The fraction of sp³-hybridized carbons (Fsp3) is 0.538. The van der Waals surface area contributed by atoms with Crippen LogP contribution in [0.5, 0.6) is 0 Å². The zero-order chi connectivity index (χ0) is 13.7. The van der Waals surface area contributed by atoms with E-state index in [9.17, 15) is 9.59 Å². The van der Waals surface area contributed by atoms with E-state index in [-0.39, 0.29) is 18.3 Å². The third kappa shape index (κ3) is 4.04. The molecular weight excluding hydrogens is 264 g/mol. The van der Waals surface area contributed by atoms with Crippen LogP contribution in [0.2, 0.25) is 0 Å². The van der Waals surface area contributed by atoms with Gasteiger partial charge in [0.25, 0.3) is 0 Å². The molecule has 6 heteroatoms. The zero-order valence-corrected chi connectivity index (χ0v) is 11.8. The summed E-state index contributed by atoms with van der Waals surface area (Å²) in [5, 5.41) is 4.84. The highest BCUT2D eigenvalue weighted by Gasteiger charge is 2.19. The number of hydrogen-bond acceptors (Lipinski definition) is 5. The molecule has 2 rings (SSSR count). The Morgan fingerprint density at radius 2 is 2.37 bits per heavy atom. The zero-order valence-electron chi connectivity index (χ0n) is 11.0. The Balaban J connectivity index is 1.70. The maximum Gasteiger partial charge on any atom is 0.307 e. The Morgan fingerprint density at radius 1 is 1.53 bits per heavy atom. The Morgan fingerprint density at radius 3 is 3.16 bits per heavy atom. The Labute approximate surface area is 116 Å². The molecule has 0 aliphatic carbocycles. The first-order valence-corrected chi connectivity index (χ1v) is 7.18. The van der Waals surface area contributed by atoms with Crippen molar-refractivity contribution in [2.24, 2.45) is 0 Å². The molecule has 0 atom stereocenters. The number of rotatable bonds is 5. The van der Waals surface area contributed by atoms with Crippen LogP contribution in [0.1, 0.15) is 16.9 Å². The molecule has 0 radical (unpaired) electrons. The second-order valence-corrected chi connectivity index (χ2v) is 5.51. The van der Waals surface area contributed by atoms with Crippen molar-refractivity contribution < 1.29 is 14.3 Å². The second-order valence-electron chi connectivity index (χ2n) is 4.51. The van der Waals surface area contributed by atoms with Gasteiger partial charge in [0.05, 0.1) is 20.1 Å². The lowest BCUT2D eigenvalue weighted by Crippen LogP contribution is -2.40. The van der Waals surface area contributed by atoms with E-state index < -0.39 is 0 Å². The molecule has 1 aliphatic heterocycles. The summed E-state index contributed by atoms with van der Waals surface area (Å²) in [4.78, 5) is 26.2. The minimum Gasteiger partial charge on any atom is -0.469 e. The first-order chi connectivity index (χ1) is 9.19. The molecule has 1 amide bonds. The van der Waals surface area contributed by atoms with E-state index in [1.165, 1.54) is 17.6 Å². The van der Waals surface area contributed by atoms with Gasteiger partial charge in [0.1, 0.15) is 0 Å². The molecule has 1 aliphatic rings. The van der Waals surface area contributed by atoms with Crippen molar-refractivity contribution in [1.82, 2.24) is 10.2 Å². The topological polar surface area (TPSA) is 58.6 Å². The number of nitrogens with one attached hydrogen (secondary N) is 1. The fourth-order valence-corrected chi connectivity index (χ4v) is 3.00. The van der Waals surface area contributed by atoms with Crippen LogP contribution in [-0.2, 0) is 27.3 Å². The van der Waals surface area contributed by atoms with Gasteiger partial charge >= 0.3 is 5.97 Å². The average molecular weight is 282 g/mol. The van der Waals surface area contributed by atoms with E-state index >= 15 is 0 Å². The molecule has 0 saturated heterocycles. The Hall–Kier alpha value is -1.40. The van der Waals surface area contributed by atoms with Crippen molar-refractivity contribution in [3.05, 3.63) is 21.9 Å². The summed E-state index contributed by atoms with van der Waals surface area (Å²) in [5.74, 6) is -0.344. The Bertz CT molecular complexity index is 458. The van der Waals surface area contributed by atoms with Crippen molar-refractivity contribution >= 4 is 23.2 Å². The minimum absolute atomic E-state index is 0.0393. The molecule has 0 fully saturated rings. The van der Waals surface area contributed by atoms with Crippen LogP contribution in [0.4, 0.5) is 0 Å². The van der Waals surface area contributed by atoms with Gasteiger partial charge in [-0.3, -0.25) is 14.5 Å². The van der Waals surface area contributed by atoms with Gasteiger partial charge in [0.2, 0.25) is 5.91 Å². The van der Waals surface area contributed by atoms with Crippen molar-refractivity contribution in [3.63, 3.8) is 0 Å². The van der Waals surface area contributed by atoms with Crippen LogP contribution in [0.25, 0.3) is 0 Å². The highest BCUT2D eigenvalue weighted by Crippen LogP contribution is 2.23. The normalized spacial score (nSPS) is 14.8. The first kappa shape index (κ1) is 14.0. The molecule has 104 valence electrons. The highest BCUT2D eigenvalue weighted by molar-refractivity contribution is 7.10. The molecule has 0 saturated carbocycles. The molecule has 19 heavy (non-hydrogen) atoms. The monoisotopic (exact) mass is 282 g/mol. The summed E-state index contributed by atoms with van der Waals surface area (Å²) in [6.45, 7) is 2.47. The first-order valence-electron chi connectivity index (χ1n) is 6.30. The quantitative estimate of drug-likeness (QED) is 0.811. The van der Waals surface area contributed by atoms with Crippen LogP contribution in [0.15, 0.2) is 11.4 Å². The van der Waals surface area contributed by atoms with Crippen molar-refractivity contribution in [2.75, 3.05) is 26.7 Å². The number of amides is 1. The number of hydrogen-bond donors (Lipinski definition) is 1. The second kappa shape index (κ2) is 6.68. The van der Waals surface area contributed by atoms with Crippen LogP contribution in [-0.4, -0.2) is 43.5 Å². The molecule has 0 unspecified atom stereocenters. The summed E-state index contributed by atoms with van der Waals surface area (Å²) >= 11 is 1.79. The van der Waals surface area contributed by atoms with Gasteiger partial charge in [0, 0.05) is 24.5 Å². The maximum absolute atomic E-state index is 11.7. The number of carbonyl (C=O) groups is 2. The lowest BCUT2D eigenvalue weighted by Gasteiger charge is -2.26. The number of ether oxygens (including phenoxy) is 1. The third-order valence-electron chi connectivity index (χ3n) is 3.13. The lowest BCUT2D eigenvalue weighted by atomic mass is 10.1. The van der Waals surface area contributed by atoms with E-state index in [2.05, 4.69) is 26.4 Å². The van der Waals surface area contributed by atoms with Gasteiger partial charge in [-0.2, -0.15) is 0 Å². The molecule has 2 heterocycles. The maximum atomic E-state index is 11.7. The SMILES string of the molecule is COC(=O)CCNC(=O)CN1CCc2sccc2C1. The van der Waals surface area contributed by atoms with Gasteiger partial charge < -0.3 is 10.1 Å². The Kier molecular flexibility index (Phi) is 4.93. The van der Waals surface area contributed by atoms with Crippen LogP contribution < -0.4 is 5.32 Å². The largest absolute Gasteiger partial charge is 0.469 e. The lowest BCUT2D eigenvalue weighted by molar-refractivity contribution is -0.140. The highest BCUT2D eigenvalue weighted by atomic mass is 32.1. The molecule has 1 aromatic heterocycles. The van der Waals surface area contributed by atoms with Crippen LogP contribution in [0, 0.1) is 0 Å². The number of thiophene rings is 1. The van der Waals surface area contributed by atoms with Crippen LogP contribution >= 0.6 is 11.3 Å². The summed E-state index contributed by atoms with van der Waals surface area (Å²) < 4.78 is 4.51. The summed E-state index contributed by atoms with van der Waals surface area (Å²) in [6, 6.07) is 2.13. The molecule has 1 N–H and O–H groups in total. The number of methoxy groups -OCH3 is 1. The predicted molar refractivity (Wildman–Crippen MR) is 72.9 cm³/mol. The number of esters is 1. The third-order valence-corrected chi connectivity index (χ3v) is 4.16. The standard InChI is InChI=1S/C13H18N2O3S/c1-18-13(17)2-5-14-12(16)9-15-6-3-11-10(8-15)4-7-19-11/h4,7H,2-3,5-6,8-9H2,1H3,(H,14,16). The fourth-order valence-electron chi connectivity index (χ4n) is 2.11. The number of carbonyl (C=O) groups excluding carboxylic acids is 2. The van der Waals surface area contributed by atoms with Crippen molar-refractivity contribution in [1.29, 1.82) is 0 Å². The summed E-state index contributed by atoms with van der Waals surface area (Å²) in [6.07, 6.45) is 1.24. The predicted octanol–water partition coefficient (Wildman–Crippen LogP) is 0.785. The molecule has 0 spiro atoms. The minimum atomic E-state index is -0.304. The van der Waals surface area contributed by atoms with E-state index in [1.54, 1.807) is 11.3 Å². The van der Waals surface area contributed by atoms with Gasteiger partial charge in [-0.15, -0.1) is 11.3 Å². The average Bonchev–Trinajstić information content (AvgIpc) is 2.85. The van der Waals surface area contributed by atoms with E-state index in [0.717, 1.165) is 19.5 Å². The van der Waals surface area contributed by atoms with Gasteiger partial charge in [-0.1, -0.05) is 0 Å². The van der Waals surface area contributed by atoms with Gasteiger partial charge in [-0.05, 0) is 23.4 Å². The number of nitrogens with zero attached hydrogens (tertiary/aromatic N) is 1. The van der Waals surface area contributed by atoms with Crippen molar-refractivity contribution in [3.8, 4) is 0 Å². The van der Waals surface area contributed by atoms with Crippen LogP contribution in [0.3, 0.4) is 0 Å². The van der Waals surface area contributed by atoms with Gasteiger partial charge in [0.15, 0.2) is 0 Å². The number of fused-ring (bicyclic) bond motifs is 1. The van der Waals surface area contributed by atoms with E-state index in [0.29, 0.717) is 13.1 Å². The summed E-state index contributed by atoms with van der Waals surface area (Å²) in [5.41, 5.74) is 1.33. The van der Waals surface area contributed by atoms with E-state index in [1.807, 2.05) is 0 Å². The molecular formula is C13H18N2O3S. The summed E-state index contributed by atoms with van der Waals surface area (Å²) in [7, 11) is 1.34.